The van der Waals surface area contributed by atoms with Crippen LogP contribution >= 0.6 is 23.2 Å². The van der Waals surface area contributed by atoms with Gasteiger partial charge in [-0.2, -0.15) is 0 Å². The molecule has 0 spiro atoms. The molecule has 2 aromatic rings. The monoisotopic (exact) mass is 393 g/mol. The van der Waals surface area contributed by atoms with Crippen molar-refractivity contribution in [1.82, 2.24) is 5.32 Å². The normalized spacial score (nSPS) is 11.0. The maximum Gasteiger partial charge on any atom is 0.251 e. The molecule has 3 N–H and O–H groups in total. The average molecular weight is 394 g/mol. The van der Waals surface area contributed by atoms with Crippen molar-refractivity contribution >= 4 is 46.4 Å². The van der Waals surface area contributed by atoms with Gasteiger partial charge in [0.05, 0.1) is 22.3 Å². The van der Waals surface area contributed by atoms with E-state index in [-0.39, 0.29) is 23.9 Å². The van der Waals surface area contributed by atoms with E-state index in [1.807, 2.05) is 20.8 Å². The summed E-state index contributed by atoms with van der Waals surface area (Å²) in [5.41, 5.74) is 1.31. The van der Waals surface area contributed by atoms with Crippen molar-refractivity contribution in [3.05, 3.63) is 58.1 Å². The first kappa shape index (κ1) is 20.1. The zero-order chi connectivity index (χ0) is 19.3. The van der Waals surface area contributed by atoms with Crippen molar-refractivity contribution in [2.24, 2.45) is 0 Å². The molecule has 0 saturated carbocycles. The molecular formula is C19H21Cl2N3O2. The first-order valence-corrected chi connectivity index (χ1v) is 8.81. The maximum atomic E-state index is 12.2. The van der Waals surface area contributed by atoms with E-state index >= 15 is 0 Å². The Morgan fingerprint density at radius 2 is 1.73 bits per heavy atom. The zero-order valence-electron chi connectivity index (χ0n) is 14.8. The Balaban J connectivity index is 1.97. The second-order valence-corrected chi connectivity index (χ2v) is 7.57. The van der Waals surface area contributed by atoms with Crippen LogP contribution < -0.4 is 16.0 Å². The van der Waals surface area contributed by atoms with Crippen molar-refractivity contribution in [3.63, 3.8) is 0 Å². The molecule has 0 aliphatic rings. The molecule has 0 fully saturated rings. The van der Waals surface area contributed by atoms with Gasteiger partial charge in [0.15, 0.2) is 0 Å². The highest BCUT2D eigenvalue weighted by Gasteiger charge is 2.15. The topological polar surface area (TPSA) is 70.2 Å². The lowest BCUT2D eigenvalue weighted by Gasteiger charge is -2.20. The van der Waals surface area contributed by atoms with Gasteiger partial charge in [0.25, 0.3) is 5.91 Å². The fourth-order valence-electron chi connectivity index (χ4n) is 2.16. The maximum absolute atomic E-state index is 12.2. The second-order valence-electron chi connectivity index (χ2n) is 6.79. The molecule has 0 atom stereocenters. The van der Waals surface area contributed by atoms with Gasteiger partial charge in [-0.15, -0.1) is 0 Å². The van der Waals surface area contributed by atoms with Crippen molar-refractivity contribution in [2.45, 2.75) is 26.3 Å². The van der Waals surface area contributed by atoms with E-state index in [1.54, 1.807) is 42.5 Å². The molecule has 0 unspecified atom stereocenters. The number of nitrogens with one attached hydrogen (secondary N) is 3. The number of rotatable bonds is 5. The Bertz CT molecular complexity index is 817. The summed E-state index contributed by atoms with van der Waals surface area (Å²) in [7, 11) is 0. The molecule has 5 nitrogen and oxygen atoms in total. The highest BCUT2D eigenvalue weighted by Crippen LogP contribution is 2.29. The Hall–Kier alpha value is -2.24. The molecule has 0 aromatic heterocycles. The van der Waals surface area contributed by atoms with Crippen LogP contribution in [0.1, 0.15) is 31.1 Å². The molecule has 0 saturated heterocycles. The van der Waals surface area contributed by atoms with E-state index in [9.17, 15) is 9.59 Å². The van der Waals surface area contributed by atoms with Crippen LogP contribution in [-0.2, 0) is 4.79 Å². The summed E-state index contributed by atoms with van der Waals surface area (Å²) in [5, 5.41) is 9.25. The van der Waals surface area contributed by atoms with E-state index in [0.29, 0.717) is 27.0 Å². The first-order chi connectivity index (χ1) is 12.2. The molecule has 0 aliphatic carbocycles. The highest BCUT2D eigenvalue weighted by atomic mass is 35.5. The summed E-state index contributed by atoms with van der Waals surface area (Å²) in [5.74, 6) is -0.449. The third-order valence-electron chi connectivity index (χ3n) is 3.29. The molecule has 2 aromatic carbocycles. The lowest BCUT2D eigenvalue weighted by Crippen LogP contribution is -2.40. The summed E-state index contributed by atoms with van der Waals surface area (Å²) in [6, 6.07) is 12.0. The van der Waals surface area contributed by atoms with Crippen LogP contribution in [-0.4, -0.2) is 23.9 Å². The Labute approximate surface area is 163 Å². The van der Waals surface area contributed by atoms with Gasteiger partial charge in [-0.1, -0.05) is 35.3 Å². The SMILES string of the molecule is CC(C)(C)NC(=O)c1cccc(NCC(=O)Nc2cccc(Cl)c2Cl)c1. The Morgan fingerprint density at radius 1 is 1.04 bits per heavy atom. The van der Waals surface area contributed by atoms with Gasteiger partial charge in [-0.25, -0.2) is 0 Å². The number of carbonyl (C=O) groups is 2. The third kappa shape index (κ3) is 5.93. The smallest absolute Gasteiger partial charge is 0.251 e. The molecule has 0 radical (unpaired) electrons. The molecule has 0 heterocycles. The van der Waals surface area contributed by atoms with Crippen molar-refractivity contribution in [2.75, 3.05) is 17.2 Å². The van der Waals surface area contributed by atoms with E-state index in [2.05, 4.69) is 16.0 Å². The lowest BCUT2D eigenvalue weighted by molar-refractivity contribution is -0.114. The Kier molecular flexibility index (Phi) is 6.51. The van der Waals surface area contributed by atoms with Crippen LogP contribution in [0.4, 0.5) is 11.4 Å². The lowest BCUT2D eigenvalue weighted by atomic mass is 10.1. The molecule has 26 heavy (non-hydrogen) atoms. The summed E-state index contributed by atoms with van der Waals surface area (Å²) in [6.45, 7) is 5.77. The van der Waals surface area contributed by atoms with Crippen LogP contribution in [0.2, 0.25) is 10.0 Å². The first-order valence-electron chi connectivity index (χ1n) is 8.06. The van der Waals surface area contributed by atoms with E-state index in [1.165, 1.54) is 0 Å². The van der Waals surface area contributed by atoms with Crippen molar-refractivity contribution < 1.29 is 9.59 Å². The summed E-state index contributed by atoms with van der Waals surface area (Å²) in [6.07, 6.45) is 0. The van der Waals surface area contributed by atoms with E-state index in [4.69, 9.17) is 23.2 Å². The van der Waals surface area contributed by atoms with Crippen molar-refractivity contribution in [3.8, 4) is 0 Å². The minimum absolute atomic E-state index is 0.0210. The summed E-state index contributed by atoms with van der Waals surface area (Å²) < 4.78 is 0. The van der Waals surface area contributed by atoms with E-state index in [0.717, 1.165) is 0 Å². The predicted molar refractivity (Wildman–Crippen MR) is 107 cm³/mol. The van der Waals surface area contributed by atoms with Gasteiger partial charge in [0.1, 0.15) is 0 Å². The molecule has 138 valence electrons. The average Bonchev–Trinajstić information content (AvgIpc) is 2.56. The number of hydrogen-bond donors (Lipinski definition) is 3. The largest absolute Gasteiger partial charge is 0.376 e. The highest BCUT2D eigenvalue weighted by molar-refractivity contribution is 6.44. The Morgan fingerprint density at radius 3 is 2.42 bits per heavy atom. The van der Waals surface area contributed by atoms with Crippen LogP contribution in [0.3, 0.4) is 0 Å². The van der Waals surface area contributed by atoms with Gasteiger partial charge in [-0.05, 0) is 51.1 Å². The van der Waals surface area contributed by atoms with Crippen LogP contribution in [0.15, 0.2) is 42.5 Å². The predicted octanol–water partition coefficient (Wildman–Crippen LogP) is 4.57. The van der Waals surface area contributed by atoms with Gasteiger partial charge in [0, 0.05) is 16.8 Å². The van der Waals surface area contributed by atoms with Crippen molar-refractivity contribution in [1.29, 1.82) is 0 Å². The van der Waals surface area contributed by atoms with E-state index < -0.39 is 0 Å². The van der Waals surface area contributed by atoms with Crippen LogP contribution in [0.5, 0.6) is 0 Å². The fourth-order valence-corrected chi connectivity index (χ4v) is 2.51. The minimum atomic E-state index is -0.323. The molecule has 0 bridgehead atoms. The second kappa shape index (κ2) is 8.43. The van der Waals surface area contributed by atoms with Gasteiger partial charge in [0.2, 0.25) is 5.91 Å². The third-order valence-corrected chi connectivity index (χ3v) is 4.11. The van der Waals surface area contributed by atoms with Crippen LogP contribution in [0.25, 0.3) is 0 Å². The summed E-state index contributed by atoms with van der Waals surface area (Å²) >= 11 is 12.0. The quantitative estimate of drug-likeness (QED) is 0.696. The minimum Gasteiger partial charge on any atom is -0.376 e. The zero-order valence-corrected chi connectivity index (χ0v) is 16.3. The van der Waals surface area contributed by atoms with Gasteiger partial charge in [-0.3, -0.25) is 9.59 Å². The number of carbonyl (C=O) groups excluding carboxylic acids is 2. The standard InChI is InChI=1S/C19H21Cl2N3O2/c1-19(2,3)24-18(26)12-6-4-7-13(10-12)22-11-16(25)23-15-9-5-8-14(20)17(15)21/h4-10,22H,11H2,1-3H3,(H,23,25)(H,24,26). The molecule has 2 amide bonds. The van der Waals surface area contributed by atoms with Gasteiger partial charge < -0.3 is 16.0 Å². The van der Waals surface area contributed by atoms with Gasteiger partial charge >= 0.3 is 0 Å². The molecule has 0 aliphatic heterocycles. The number of benzene rings is 2. The number of anilines is 2. The molecule has 7 heteroatoms. The fraction of sp³-hybridized carbons (Fsp3) is 0.263. The number of amides is 2. The molecular weight excluding hydrogens is 373 g/mol. The van der Waals surface area contributed by atoms with Crippen LogP contribution in [0, 0.1) is 0 Å². The number of halogens is 2. The summed E-state index contributed by atoms with van der Waals surface area (Å²) in [4.78, 5) is 24.3. The number of hydrogen-bond acceptors (Lipinski definition) is 3. The molecule has 2 rings (SSSR count).